The number of pyridine rings is 2. The molecule has 53 heavy (non-hydrogen) atoms. The second kappa shape index (κ2) is 13.5. The number of anilines is 3. The van der Waals surface area contributed by atoms with E-state index in [0.717, 1.165) is 16.2 Å². The van der Waals surface area contributed by atoms with Crippen molar-refractivity contribution in [2.75, 3.05) is 29.9 Å². The first-order valence-corrected chi connectivity index (χ1v) is 18.5. The van der Waals surface area contributed by atoms with Crippen molar-refractivity contribution >= 4 is 45.0 Å². The molecular weight excluding hydrogens is 704 g/mol. The first-order chi connectivity index (χ1) is 25.1. The van der Waals surface area contributed by atoms with Gasteiger partial charge in [0.05, 0.1) is 58.7 Å². The number of aromatic nitrogens is 3. The highest BCUT2D eigenvalue weighted by Crippen LogP contribution is 2.39. The van der Waals surface area contributed by atoms with Gasteiger partial charge < -0.3 is 20.1 Å². The number of imidazole rings is 1. The molecule has 5 heterocycles. The van der Waals surface area contributed by atoms with Gasteiger partial charge in [0.25, 0.3) is 16.0 Å². The number of ether oxygens (including phenoxy) is 1. The molecule has 3 aromatic heterocycles. The SMILES string of the molecule is Cc1ccc(S(=O)(=O)OCC2(O)CCN(c3ccc(Nc4ccc(-c5cnc6cc(F)ccn56)c5c4C(=O)N(C(=O)OC(C)(C)C)C5)nc3)CC2)cc1. The van der Waals surface area contributed by atoms with E-state index in [2.05, 4.69) is 15.3 Å². The van der Waals surface area contributed by atoms with Crippen LogP contribution in [-0.2, 0) is 25.6 Å². The zero-order valence-electron chi connectivity index (χ0n) is 29.7. The third-order valence-corrected chi connectivity index (χ3v) is 10.6. The molecular formula is C38H39FN6O7S. The smallest absolute Gasteiger partial charge is 0.417 e. The number of aryl methyl sites for hydroxylation is 1. The van der Waals surface area contributed by atoms with Crippen molar-refractivity contribution in [1.82, 2.24) is 19.3 Å². The first kappa shape index (κ1) is 36.0. The van der Waals surface area contributed by atoms with E-state index in [-0.39, 0.29) is 36.5 Å². The van der Waals surface area contributed by atoms with E-state index in [9.17, 15) is 27.5 Å². The van der Waals surface area contributed by atoms with Crippen LogP contribution in [0, 0.1) is 12.7 Å². The van der Waals surface area contributed by atoms with Gasteiger partial charge in [-0.25, -0.2) is 24.1 Å². The number of amides is 2. The van der Waals surface area contributed by atoms with Crippen LogP contribution in [-0.4, -0.2) is 75.7 Å². The van der Waals surface area contributed by atoms with Gasteiger partial charge in [0.1, 0.15) is 22.9 Å². The van der Waals surface area contributed by atoms with E-state index in [1.165, 1.54) is 24.3 Å². The standard InChI is InChI=1S/C38H39FN6O7S/c1-24-5-8-27(9-6-24)53(49,50)51-23-38(48)14-17-43(18-15-38)26-7-12-32(40-20-26)42-30-11-10-28(31-21-41-33-19-25(39)13-16-44(31)33)29-22-45(35(46)34(29)30)36(47)52-37(2,3)4/h5-13,16,19-21,48H,14-15,17-18,22-23H2,1-4H3,(H,40,42). The Morgan fingerprint density at radius 1 is 1.02 bits per heavy atom. The molecule has 1 fully saturated rings. The summed E-state index contributed by atoms with van der Waals surface area (Å²) in [6.07, 6.45) is 4.63. The zero-order chi connectivity index (χ0) is 37.7. The van der Waals surface area contributed by atoms with Crippen molar-refractivity contribution in [3.05, 3.63) is 102 Å². The van der Waals surface area contributed by atoms with Crippen molar-refractivity contribution in [2.45, 2.75) is 63.2 Å². The molecule has 1 saturated heterocycles. The van der Waals surface area contributed by atoms with Crippen LogP contribution in [0.1, 0.15) is 55.1 Å². The Morgan fingerprint density at radius 2 is 1.75 bits per heavy atom. The van der Waals surface area contributed by atoms with Crippen LogP contribution >= 0.6 is 0 Å². The van der Waals surface area contributed by atoms with Gasteiger partial charge in [-0.3, -0.25) is 13.4 Å². The predicted octanol–water partition coefficient (Wildman–Crippen LogP) is 6.22. The van der Waals surface area contributed by atoms with Gasteiger partial charge in [-0.1, -0.05) is 23.8 Å². The molecule has 2 aromatic carbocycles. The number of aliphatic hydroxyl groups is 1. The number of fused-ring (bicyclic) bond motifs is 2. The molecule has 2 N–H and O–H groups in total. The van der Waals surface area contributed by atoms with Crippen molar-refractivity contribution in [1.29, 1.82) is 0 Å². The lowest BCUT2D eigenvalue weighted by atomic mass is 9.92. The number of benzene rings is 2. The lowest BCUT2D eigenvalue weighted by Gasteiger charge is -2.38. The number of imide groups is 1. The minimum atomic E-state index is -4.01. The Morgan fingerprint density at radius 3 is 2.43 bits per heavy atom. The molecule has 0 atom stereocenters. The van der Waals surface area contributed by atoms with Crippen molar-refractivity contribution in [3.8, 4) is 11.3 Å². The highest BCUT2D eigenvalue weighted by molar-refractivity contribution is 7.86. The van der Waals surface area contributed by atoms with Crippen LogP contribution in [0.3, 0.4) is 0 Å². The fourth-order valence-corrected chi connectivity index (χ4v) is 7.44. The molecule has 2 amide bonds. The number of halogens is 1. The lowest BCUT2D eigenvalue weighted by Crippen LogP contribution is -2.47. The molecule has 2 aliphatic rings. The van der Waals surface area contributed by atoms with Crippen molar-refractivity contribution in [2.24, 2.45) is 0 Å². The summed E-state index contributed by atoms with van der Waals surface area (Å²) in [7, 11) is -4.01. The lowest BCUT2D eigenvalue weighted by molar-refractivity contribution is -0.0224. The molecule has 276 valence electrons. The summed E-state index contributed by atoms with van der Waals surface area (Å²) < 4.78 is 51.8. The van der Waals surface area contributed by atoms with Crippen LogP contribution in [0.15, 0.2) is 84.1 Å². The molecule has 15 heteroatoms. The first-order valence-electron chi connectivity index (χ1n) is 17.1. The fourth-order valence-electron chi connectivity index (χ4n) is 6.46. The summed E-state index contributed by atoms with van der Waals surface area (Å²) in [5, 5.41) is 14.4. The summed E-state index contributed by atoms with van der Waals surface area (Å²) in [6, 6.07) is 16.1. The molecule has 0 radical (unpaired) electrons. The van der Waals surface area contributed by atoms with Crippen LogP contribution in [0.25, 0.3) is 16.9 Å². The minimum Gasteiger partial charge on any atom is -0.443 e. The highest BCUT2D eigenvalue weighted by Gasteiger charge is 2.39. The Bertz CT molecular complexity index is 2310. The number of nitrogens with one attached hydrogen (secondary N) is 1. The summed E-state index contributed by atoms with van der Waals surface area (Å²) in [5.41, 5.74) is 2.53. The van der Waals surface area contributed by atoms with Crippen molar-refractivity contribution in [3.63, 3.8) is 0 Å². The van der Waals surface area contributed by atoms with Crippen LogP contribution in [0.4, 0.5) is 26.4 Å². The molecule has 0 unspecified atom stereocenters. The molecule has 0 spiro atoms. The van der Waals surface area contributed by atoms with E-state index in [1.807, 2.05) is 24.0 Å². The van der Waals surface area contributed by atoms with Gasteiger partial charge in [-0.15, -0.1) is 0 Å². The molecule has 2 aliphatic heterocycles. The average molecular weight is 743 g/mol. The molecule has 13 nitrogen and oxygen atoms in total. The number of piperidine rings is 1. The number of hydrogen-bond acceptors (Lipinski definition) is 11. The molecule has 5 aromatic rings. The fraction of sp³-hybridized carbons (Fsp3) is 0.316. The number of hydrogen-bond donors (Lipinski definition) is 2. The average Bonchev–Trinajstić information content (AvgIpc) is 3.69. The van der Waals surface area contributed by atoms with E-state index in [0.29, 0.717) is 47.1 Å². The van der Waals surface area contributed by atoms with Gasteiger partial charge in [0.15, 0.2) is 0 Å². The Hall–Kier alpha value is -5.38. The molecule has 7 rings (SSSR count). The number of rotatable bonds is 8. The number of carbonyl (C=O) groups is 2. The quantitative estimate of drug-likeness (QED) is 0.174. The monoisotopic (exact) mass is 742 g/mol. The number of carbonyl (C=O) groups excluding carboxylic acids is 2. The van der Waals surface area contributed by atoms with Crippen LogP contribution in [0.5, 0.6) is 0 Å². The van der Waals surface area contributed by atoms with E-state index < -0.39 is 39.1 Å². The topological polar surface area (TPSA) is 156 Å². The molecule has 0 aliphatic carbocycles. The normalized spacial score (nSPS) is 15.8. The van der Waals surface area contributed by atoms with E-state index >= 15 is 0 Å². The van der Waals surface area contributed by atoms with Gasteiger partial charge >= 0.3 is 6.09 Å². The van der Waals surface area contributed by atoms with Crippen molar-refractivity contribution < 1.29 is 36.4 Å². The third-order valence-electron chi connectivity index (χ3n) is 9.32. The summed E-state index contributed by atoms with van der Waals surface area (Å²) in [5.74, 6) is -0.518. The van der Waals surface area contributed by atoms with Crippen LogP contribution < -0.4 is 10.2 Å². The Kier molecular flexibility index (Phi) is 9.20. The van der Waals surface area contributed by atoms with Gasteiger partial charge in [0.2, 0.25) is 0 Å². The summed E-state index contributed by atoms with van der Waals surface area (Å²) in [6.45, 7) is 7.53. The number of nitrogens with zero attached hydrogens (tertiary/aromatic N) is 5. The maximum Gasteiger partial charge on any atom is 0.417 e. The molecule has 0 saturated carbocycles. The predicted molar refractivity (Wildman–Crippen MR) is 195 cm³/mol. The maximum atomic E-state index is 13.9. The summed E-state index contributed by atoms with van der Waals surface area (Å²) >= 11 is 0. The minimum absolute atomic E-state index is 0.0410. The van der Waals surface area contributed by atoms with Crippen LogP contribution in [0.2, 0.25) is 0 Å². The third kappa shape index (κ3) is 7.45. The summed E-state index contributed by atoms with van der Waals surface area (Å²) in [4.78, 5) is 39.1. The Balaban J connectivity index is 1.07. The van der Waals surface area contributed by atoms with E-state index in [1.54, 1.807) is 68.0 Å². The van der Waals surface area contributed by atoms with Gasteiger partial charge in [0, 0.05) is 30.9 Å². The maximum absolute atomic E-state index is 13.9. The second-order valence-corrected chi connectivity index (χ2v) is 16.0. The molecule has 0 bridgehead atoms. The Labute approximate surface area is 306 Å². The van der Waals surface area contributed by atoms with Gasteiger partial charge in [-0.2, -0.15) is 8.42 Å². The van der Waals surface area contributed by atoms with E-state index in [4.69, 9.17) is 8.92 Å². The van der Waals surface area contributed by atoms with Gasteiger partial charge in [-0.05, 0) is 82.5 Å². The highest BCUT2D eigenvalue weighted by atomic mass is 32.2. The largest absolute Gasteiger partial charge is 0.443 e. The zero-order valence-corrected chi connectivity index (χ0v) is 30.5. The second-order valence-electron chi connectivity index (χ2n) is 14.4.